The van der Waals surface area contributed by atoms with Crippen molar-refractivity contribution in [3.05, 3.63) is 0 Å². The molecule has 0 heterocycles. The Kier molecular flexibility index (Phi) is 9.48. The zero-order valence-electron chi connectivity index (χ0n) is 12.0. The van der Waals surface area contributed by atoms with Crippen LogP contribution in [0.1, 0.15) is 45.4 Å². The first-order valence-electron chi connectivity index (χ1n) is 6.88. The molecular weight excluding hydrogens is 299 g/mol. The lowest BCUT2D eigenvalue weighted by Gasteiger charge is -2.19. The Morgan fingerprint density at radius 2 is 1.57 bits per heavy atom. The van der Waals surface area contributed by atoms with E-state index in [0.717, 1.165) is 0 Å². The summed E-state index contributed by atoms with van der Waals surface area (Å²) in [4.78, 5) is 11.0. The van der Waals surface area contributed by atoms with E-state index in [2.05, 4.69) is 0 Å². The van der Waals surface area contributed by atoms with Crippen molar-refractivity contribution in [1.82, 2.24) is 0 Å². The van der Waals surface area contributed by atoms with Gasteiger partial charge in [0.1, 0.15) is 0 Å². The minimum absolute atomic E-state index is 0.135. The first kappa shape index (κ1) is 20.1. The molecule has 0 aromatic rings. The van der Waals surface area contributed by atoms with Crippen LogP contribution in [0.4, 0.5) is 22.0 Å². The van der Waals surface area contributed by atoms with Crippen LogP contribution in [0.15, 0.2) is 0 Å². The highest BCUT2D eigenvalue weighted by atomic mass is 19.4. The summed E-state index contributed by atoms with van der Waals surface area (Å²) >= 11 is 0. The second kappa shape index (κ2) is 9.92. The molecule has 0 amide bonds. The van der Waals surface area contributed by atoms with Gasteiger partial charge in [-0.25, -0.2) is 0 Å². The zero-order valence-corrected chi connectivity index (χ0v) is 12.0. The summed E-state index contributed by atoms with van der Waals surface area (Å²) in [5.41, 5.74) is 0. The van der Waals surface area contributed by atoms with Crippen LogP contribution in [-0.2, 0) is 14.3 Å². The van der Waals surface area contributed by atoms with E-state index < -0.39 is 18.5 Å². The van der Waals surface area contributed by atoms with Gasteiger partial charge >= 0.3 is 18.1 Å². The van der Waals surface area contributed by atoms with Gasteiger partial charge in [0, 0.05) is 26.1 Å². The Bertz CT molecular complexity index is 292. The molecule has 0 rings (SSSR count). The number of halogens is 5. The van der Waals surface area contributed by atoms with Gasteiger partial charge in [-0.15, -0.1) is 0 Å². The van der Waals surface area contributed by atoms with Gasteiger partial charge in [-0.3, -0.25) is 4.79 Å². The van der Waals surface area contributed by atoms with Crippen LogP contribution >= 0.6 is 0 Å². The predicted molar refractivity (Wildman–Crippen MR) is 66.2 cm³/mol. The smallest absolute Gasteiger partial charge is 0.453 e. The maximum Gasteiger partial charge on any atom is 0.453 e. The standard InChI is InChI=1S/C13H21F5O3/c1-2-21-11(19)7-4-3-5-9-20-10-6-8-12(14,15)13(16,17)18/h2-10H2,1H3. The van der Waals surface area contributed by atoms with Crippen molar-refractivity contribution in [3.8, 4) is 0 Å². The first-order valence-corrected chi connectivity index (χ1v) is 6.88. The van der Waals surface area contributed by atoms with Crippen LogP contribution in [0.25, 0.3) is 0 Å². The quantitative estimate of drug-likeness (QED) is 0.326. The Labute approximate surface area is 120 Å². The van der Waals surface area contributed by atoms with E-state index in [1.54, 1.807) is 6.92 Å². The van der Waals surface area contributed by atoms with Crippen molar-refractivity contribution in [2.75, 3.05) is 19.8 Å². The van der Waals surface area contributed by atoms with Crippen molar-refractivity contribution in [2.45, 2.75) is 57.5 Å². The zero-order chi connectivity index (χ0) is 16.4. The normalized spacial score (nSPS) is 12.5. The molecule has 0 fully saturated rings. The fourth-order valence-corrected chi connectivity index (χ4v) is 1.52. The van der Waals surface area contributed by atoms with Crippen molar-refractivity contribution >= 4 is 5.97 Å². The van der Waals surface area contributed by atoms with Gasteiger partial charge in [-0.05, 0) is 26.2 Å². The van der Waals surface area contributed by atoms with Gasteiger partial charge in [0.2, 0.25) is 0 Å². The van der Waals surface area contributed by atoms with Crippen LogP contribution < -0.4 is 0 Å². The number of carbonyl (C=O) groups excluding carboxylic acids is 1. The maximum absolute atomic E-state index is 12.5. The Morgan fingerprint density at radius 1 is 0.952 bits per heavy atom. The highest BCUT2D eigenvalue weighted by molar-refractivity contribution is 5.69. The van der Waals surface area contributed by atoms with Crippen LogP contribution in [-0.4, -0.2) is 37.9 Å². The minimum atomic E-state index is -5.50. The third-order valence-corrected chi connectivity index (χ3v) is 2.67. The molecule has 0 atom stereocenters. The van der Waals surface area contributed by atoms with E-state index in [4.69, 9.17) is 9.47 Å². The fraction of sp³-hybridized carbons (Fsp3) is 0.923. The van der Waals surface area contributed by atoms with Gasteiger partial charge in [0.05, 0.1) is 6.61 Å². The molecule has 126 valence electrons. The molecule has 0 aliphatic rings. The van der Waals surface area contributed by atoms with Crippen LogP contribution in [0, 0.1) is 0 Å². The summed E-state index contributed by atoms with van der Waals surface area (Å²) in [5, 5.41) is 0. The summed E-state index contributed by atoms with van der Waals surface area (Å²) in [5.74, 6) is -4.93. The number of unbranched alkanes of at least 4 members (excludes halogenated alkanes) is 2. The van der Waals surface area contributed by atoms with E-state index in [-0.39, 0.29) is 25.6 Å². The lowest BCUT2D eigenvalue weighted by atomic mass is 10.2. The fourth-order valence-electron chi connectivity index (χ4n) is 1.52. The molecular formula is C13H21F5O3. The third-order valence-electron chi connectivity index (χ3n) is 2.67. The number of rotatable bonds is 11. The number of hydrogen-bond acceptors (Lipinski definition) is 3. The van der Waals surface area contributed by atoms with Gasteiger partial charge in [0.25, 0.3) is 0 Å². The molecule has 0 N–H and O–H groups in total. The molecule has 0 aliphatic heterocycles. The number of hydrogen-bond donors (Lipinski definition) is 0. The summed E-state index contributed by atoms with van der Waals surface area (Å²) in [6.45, 7) is 2.20. The van der Waals surface area contributed by atoms with Crippen LogP contribution in [0.2, 0.25) is 0 Å². The molecule has 0 spiro atoms. The van der Waals surface area contributed by atoms with Gasteiger partial charge in [0.15, 0.2) is 0 Å². The molecule has 0 radical (unpaired) electrons. The van der Waals surface area contributed by atoms with Crippen molar-refractivity contribution in [1.29, 1.82) is 0 Å². The van der Waals surface area contributed by atoms with Crippen LogP contribution in [0.3, 0.4) is 0 Å². The largest absolute Gasteiger partial charge is 0.466 e. The summed E-state index contributed by atoms with van der Waals surface area (Å²) in [6, 6.07) is 0. The lowest BCUT2D eigenvalue weighted by molar-refractivity contribution is -0.285. The molecule has 3 nitrogen and oxygen atoms in total. The van der Waals surface area contributed by atoms with Crippen molar-refractivity contribution in [3.63, 3.8) is 0 Å². The number of alkyl halides is 5. The van der Waals surface area contributed by atoms with E-state index in [0.29, 0.717) is 32.3 Å². The van der Waals surface area contributed by atoms with E-state index in [1.165, 1.54) is 0 Å². The van der Waals surface area contributed by atoms with Crippen molar-refractivity contribution in [2.24, 2.45) is 0 Å². The molecule has 0 aliphatic carbocycles. The molecule has 8 heteroatoms. The topological polar surface area (TPSA) is 35.5 Å². The van der Waals surface area contributed by atoms with Crippen LogP contribution in [0.5, 0.6) is 0 Å². The van der Waals surface area contributed by atoms with Gasteiger partial charge in [-0.1, -0.05) is 6.42 Å². The second-order valence-corrected chi connectivity index (χ2v) is 4.53. The van der Waals surface area contributed by atoms with E-state index in [1.807, 2.05) is 0 Å². The lowest BCUT2D eigenvalue weighted by Crippen LogP contribution is -2.36. The molecule has 0 saturated heterocycles. The maximum atomic E-state index is 12.5. The molecule has 0 unspecified atom stereocenters. The SMILES string of the molecule is CCOC(=O)CCCCCOCCCC(F)(F)C(F)(F)F. The highest BCUT2D eigenvalue weighted by Gasteiger charge is 2.56. The molecule has 0 saturated carbocycles. The second-order valence-electron chi connectivity index (χ2n) is 4.53. The summed E-state index contributed by atoms with van der Waals surface area (Å²) < 4.78 is 70.3. The Morgan fingerprint density at radius 3 is 2.14 bits per heavy atom. The molecule has 0 bridgehead atoms. The highest BCUT2D eigenvalue weighted by Crippen LogP contribution is 2.38. The van der Waals surface area contributed by atoms with E-state index >= 15 is 0 Å². The Hall–Kier alpha value is -0.920. The average molecular weight is 320 g/mol. The monoisotopic (exact) mass is 320 g/mol. The number of carbonyl (C=O) groups is 1. The molecule has 0 aromatic heterocycles. The molecule has 0 aromatic carbocycles. The number of ether oxygens (including phenoxy) is 2. The predicted octanol–water partition coefficient (Wildman–Crippen LogP) is 4.10. The van der Waals surface area contributed by atoms with Crippen molar-refractivity contribution < 1.29 is 36.2 Å². The Balaban J connectivity index is 3.44. The first-order chi connectivity index (χ1) is 9.70. The minimum Gasteiger partial charge on any atom is -0.466 e. The average Bonchev–Trinajstić information content (AvgIpc) is 2.35. The van der Waals surface area contributed by atoms with Gasteiger partial charge < -0.3 is 9.47 Å². The third kappa shape index (κ3) is 9.60. The van der Waals surface area contributed by atoms with Gasteiger partial charge in [-0.2, -0.15) is 22.0 Å². The molecule has 21 heavy (non-hydrogen) atoms. The summed E-state index contributed by atoms with van der Waals surface area (Å²) in [6.07, 6.45) is -4.85. The number of esters is 1. The van der Waals surface area contributed by atoms with E-state index in [9.17, 15) is 26.7 Å². The summed E-state index contributed by atoms with van der Waals surface area (Å²) in [7, 11) is 0.